The van der Waals surface area contributed by atoms with Crippen LogP contribution in [0, 0.1) is 0 Å². The van der Waals surface area contributed by atoms with Crippen LogP contribution in [0.4, 0.5) is 0 Å². The lowest BCUT2D eigenvalue weighted by molar-refractivity contribution is 1.06. The molecule has 0 bridgehead atoms. The Morgan fingerprint density at radius 1 is 0.370 bits per heavy atom. The maximum absolute atomic E-state index is 2.44. The second kappa shape index (κ2) is 11.3. The Morgan fingerprint density at radius 2 is 0.963 bits per heavy atom. The van der Waals surface area contributed by atoms with E-state index in [-0.39, 0.29) is 0 Å². The molecular formula is C52H34N2. The summed E-state index contributed by atoms with van der Waals surface area (Å²) >= 11 is 0. The molecule has 2 aromatic heterocycles. The largest absolute Gasteiger partial charge is 0.309 e. The second-order valence-electron chi connectivity index (χ2n) is 14.8. The average molecular weight is 687 g/mol. The summed E-state index contributed by atoms with van der Waals surface area (Å²) in [5.41, 5.74) is 17.9. The molecule has 12 rings (SSSR count). The Morgan fingerprint density at radius 3 is 1.70 bits per heavy atom. The standard InChI is InChI=1S/C52H34N2/c1-2-13-36(14-3-1)53-48-22-8-6-18-41(48)46-31-33(24-28-50(46)53)34-25-29-51-47(32-34)42-19-7-9-23-49(42)54(51)37-15-10-12-35(30-37)38-26-27-45-40-17-5-4-16-39(40)44-21-11-20-43(38)52(44)45/h1-3,5-15,17-32H,4,16H2. The van der Waals surface area contributed by atoms with Gasteiger partial charge in [-0.2, -0.15) is 0 Å². The van der Waals surface area contributed by atoms with Crippen LogP contribution in [0.3, 0.4) is 0 Å². The summed E-state index contributed by atoms with van der Waals surface area (Å²) in [6, 6.07) is 62.9. The smallest absolute Gasteiger partial charge is 0.0541 e. The van der Waals surface area contributed by atoms with Gasteiger partial charge in [-0.05, 0) is 129 Å². The van der Waals surface area contributed by atoms with E-state index in [9.17, 15) is 0 Å². The van der Waals surface area contributed by atoms with Gasteiger partial charge in [0.05, 0.1) is 22.1 Å². The molecule has 2 heteroatoms. The van der Waals surface area contributed by atoms with E-state index >= 15 is 0 Å². The number of para-hydroxylation sites is 3. The summed E-state index contributed by atoms with van der Waals surface area (Å²) in [5, 5.41) is 7.79. The van der Waals surface area contributed by atoms with Crippen molar-refractivity contribution in [1.82, 2.24) is 9.13 Å². The molecule has 0 fully saturated rings. The average Bonchev–Trinajstić information content (AvgIpc) is 3.87. The van der Waals surface area contributed by atoms with E-state index in [1.54, 1.807) is 0 Å². The second-order valence-corrected chi connectivity index (χ2v) is 14.8. The SMILES string of the molecule is C1=CC2=C(CC1)c1cccc3c(-c4cccc(-n5c6ccccc6c6cc(-c7ccc8c(c7)c7ccccc7n8-c7ccccc7)ccc65)c4)ccc2c13. The van der Waals surface area contributed by atoms with Crippen LogP contribution in [0.1, 0.15) is 24.0 Å². The Bertz CT molecular complexity index is 3260. The van der Waals surface area contributed by atoms with Crippen LogP contribution in [-0.4, -0.2) is 9.13 Å². The molecule has 0 saturated carbocycles. The molecule has 0 unspecified atom stereocenters. The number of aromatic nitrogens is 2. The van der Waals surface area contributed by atoms with Crippen molar-refractivity contribution in [2.75, 3.05) is 0 Å². The molecular weight excluding hydrogens is 653 g/mol. The number of fused-ring (bicyclic) bond motifs is 8. The third-order valence-electron chi connectivity index (χ3n) is 11.9. The molecule has 8 aromatic carbocycles. The van der Waals surface area contributed by atoms with E-state index in [0.29, 0.717) is 0 Å². The van der Waals surface area contributed by atoms with Crippen LogP contribution in [0.5, 0.6) is 0 Å². The molecule has 0 saturated heterocycles. The van der Waals surface area contributed by atoms with Gasteiger partial charge in [-0.25, -0.2) is 0 Å². The van der Waals surface area contributed by atoms with Crippen LogP contribution in [0.15, 0.2) is 182 Å². The van der Waals surface area contributed by atoms with Gasteiger partial charge >= 0.3 is 0 Å². The van der Waals surface area contributed by atoms with Crippen molar-refractivity contribution in [3.63, 3.8) is 0 Å². The molecule has 0 radical (unpaired) electrons. The zero-order chi connectivity index (χ0) is 35.3. The first-order valence-corrected chi connectivity index (χ1v) is 19.0. The molecule has 0 atom stereocenters. The lowest BCUT2D eigenvalue weighted by Gasteiger charge is -2.13. The van der Waals surface area contributed by atoms with Crippen LogP contribution in [0.2, 0.25) is 0 Å². The highest BCUT2D eigenvalue weighted by atomic mass is 15.0. The molecule has 0 aliphatic heterocycles. The van der Waals surface area contributed by atoms with E-state index < -0.39 is 0 Å². The highest BCUT2D eigenvalue weighted by molar-refractivity contribution is 6.19. The highest BCUT2D eigenvalue weighted by Crippen LogP contribution is 2.48. The minimum atomic E-state index is 1.12. The van der Waals surface area contributed by atoms with Gasteiger partial charge in [-0.3, -0.25) is 0 Å². The van der Waals surface area contributed by atoms with Crippen molar-refractivity contribution in [1.29, 1.82) is 0 Å². The van der Waals surface area contributed by atoms with E-state index in [2.05, 4.69) is 191 Å². The van der Waals surface area contributed by atoms with Gasteiger partial charge in [0.25, 0.3) is 0 Å². The fraction of sp³-hybridized carbons (Fsp3) is 0.0385. The zero-order valence-electron chi connectivity index (χ0n) is 29.6. The predicted molar refractivity (Wildman–Crippen MR) is 229 cm³/mol. The summed E-state index contributed by atoms with van der Waals surface area (Å²) < 4.78 is 4.82. The minimum Gasteiger partial charge on any atom is -0.309 e. The fourth-order valence-corrected chi connectivity index (χ4v) is 9.58. The fourth-order valence-electron chi connectivity index (χ4n) is 9.58. The Hall–Kier alpha value is -6.90. The molecule has 0 N–H and O–H groups in total. The number of hydrogen-bond donors (Lipinski definition) is 0. The third kappa shape index (κ3) is 4.17. The summed E-state index contributed by atoms with van der Waals surface area (Å²) in [6.07, 6.45) is 6.90. The van der Waals surface area contributed by atoms with Gasteiger partial charge in [0, 0.05) is 32.9 Å². The number of hydrogen-bond acceptors (Lipinski definition) is 0. The predicted octanol–water partition coefficient (Wildman–Crippen LogP) is 13.9. The molecule has 2 aliphatic rings. The molecule has 2 nitrogen and oxygen atoms in total. The van der Waals surface area contributed by atoms with E-state index in [0.717, 1.165) is 12.8 Å². The lowest BCUT2D eigenvalue weighted by Crippen LogP contribution is -1.95. The summed E-state index contributed by atoms with van der Waals surface area (Å²) in [4.78, 5) is 0. The Labute approximate surface area is 313 Å². The van der Waals surface area contributed by atoms with Crippen molar-refractivity contribution < 1.29 is 0 Å². The Balaban J connectivity index is 1.00. The lowest BCUT2D eigenvalue weighted by atomic mass is 9.93. The van der Waals surface area contributed by atoms with E-state index in [1.165, 1.54) is 110 Å². The maximum Gasteiger partial charge on any atom is 0.0541 e. The molecule has 0 spiro atoms. The summed E-state index contributed by atoms with van der Waals surface area (Å²) in [7, 11) is 0. The first-order chi connectivity index (χ1) is 26.8. The van der Waals surface area contributed by atoms with Crippen molar-refractivity contribution in [2.45, 2.75) is 12.8 Å². The topological polar surface area (TPSA) is 9.86 Å². The Kier molecular flexibility index (Phi) is 6.20. The van der Waals surface area contributed by atoms with Crippen molar-refractivity contribution in [2.24, 2.45) is 0 Å². The molecule has 10 aromatic rings. The molecule has 0 amide bonds. The maximum atomic E-state index is 2.44. The summed E-state index contributed by atoms with van der Waals surface area (Å²) in [5.74, 6) is 0. The van der Waals surface area contributed by atoms with Gasteiger partial charge in [-0.15, -0.1) is 0 Å². The van der Waals surface area contributed by atoms with Crippen LogP contribution < -0.4 is 0 Å². The van der Waals surface area contributed by atoms with Crippen molar-refractivity contribution >= 4 is 65.5 Å². The van der Waals surface area contributed by atoms with Gasteiger partial charge in [0.15, 0.2) is 0 Å². The molecule has 2 aliphatic carbocycles. The quantitative estimate of drug-likeness (QED) is 0.174. The number of benzene rings is 8. The van der Waals surface area contributed by atoms with E-state index in [4.69, 9.17) is 0 Å². The number of nitrogens with zero attached hydrogens (tertiary/aromatic N) is 2. The number of allylic oxidation sites excluding steroid dienone is 4. The van der Waals surface area contributed by atoms with Gasteiger partial charge < -0.3 is 9.13 Å². The van der Waals surface area contributed by atoms with Gasteiger partial charge in [0.2, 0.25) is 0 Å². The van der Waals surface area contributed by atoms with Crippen LogP contribution in [-0.2, 0) is 0 Å². The normalized spacial score (nSPS) is 13.6. The first-order valence-electron chi connectivity index (χ1n) is 19.0. The van der Waals surface area contributed by atoms with Gasteiger partial charge in [-0.1, -0.05) is 121 Å². The van der Waals surface area contributed by atoms with E-state index in [1.807, 2.05) is 0 Å². The molecule has 252 valence electrons. The van der Waals surface area contributed by atoms with Crippen molar-refractivity contribution in [3.05, 3.63) is 193 Å². The zero-order valence-corrected chi connectivity index (χ0v) is 29.6. The highest BCUT2D eigenvalue weighted by Gasteiger charge is 2.25. The summed E-state index contributed by atoms with van der Waals surface area (Å²) in [6.45, 7) is 0. The molecule has 54 heavy (non-hydrogen) atoms. The minimum absolute atomic E-state index is 1.12. The number of rotatable bonds is 4. The van der Waals surface area contributed by atoms with Crippen LogP contribution >= 0.6 is 0 Å². The third-order valence-corrected chi connectivity index (χ3v) is 11.9. The van der Waals surface area contributed by atoms with Gasteiger partial charge in [0.1, 0.15) is 0 Å². The van der Waals surface area contributed by atoms with Crippen LogP contribution in [0.25, 0.3) is 99.2 Å². The monoisotopic (exact) mass is 686 g/mol. The van der Waals surface area contributed by atoms with Crippen molar-refractivity contribution in [3.8, 4) is 33.6 Å². The first kappa shape index (κ1) is 29.7. The molecule has 2 heterocycles.